The van der Waals surface area contributed by atoms with Crippen LogP contribution in [0.5, 0.6) is 0 Å². The van der Waals surface area contributed by atoms with Gasteiger partial charge in [0.1, 0.15) is 0 Å². The lowest BCUT2D eigenvalue weighted by Crippen LogP contribution is -2.34. The number of likely N-dealkylation sites (N-methyl/N-ethyl adjacent to an activating group) is 2. The molecule has 0 radical (unpaired) electrons. The molecule has 1 aromatic rings. The molecule has 1 amide bonds. The van der Waals surface area contributed by atoms with Gasteiger partial charge < -0.3 is 16.0 Å². The zero-order chi connectivity index (χ0) is 13.5. The lowest BCUT2D eigenvalue weighted by atomic mass is 10.3. The molecule has 0 atom stereocenters. The van der Waals surface area contributed by atoms with E-state index >= 15 is 0 Å². The van der Waals surface area contributed by atoms with E-state index in [1.54, 1.807) is 12.1 Å². The number of anilines is 2. The van der Waals surface area contributed by atoms with Crippen molar-refractivity contribution in [2.75, 3.05) is 51.8 Å². The van der Waals surface area contributed by atoms with Crippen LogP contribution in [0, 0.1) is 0 Å². The summed E-state index contributed by atoms with van der Waals surface area (Å²) < 4.78 is 0. The topological polar surface area (TPSA) is 61.6 Å². The van der Waals surface area contributed by atoms with Gasteiger partial charge in [-0.2, -0.15) is 0 Å². The van der Waals surface area contributed by atoms with Gasteiger partial charge in [-0.05, 0) is 39.3 Å². The van der Waals surface area contributed by atoms with Crippen molar-refractivity contribution < 1.29 is 4.79 Å². The van der Waals surface area contributed by atoms with Gasteiger partial charge in [0, 0.05) is 24.5 Å². The maximum absolute atomic E-state index is 11.8. The van der Waals surface area contributed by atoms with Gasteiger partial charge in [0.25, 0.3) is 0 Å². The summed E-state index contributed by atoms with van der Waals surface area (Å²) in [6.07, 6.45) is 0. The van der Waals surface area contributed by atoms with Gasteiger partial charge in [-0.3, -0.25) is 9.69 Å². The molecule has 0 heterocycles. The van der Waals surface area contributed by atoms with Crippen molar-refractivity contribution in [3.05, 3.63) is 24.3 Å². The lowest BCUT2D eigenvalue weighted by Gasteiger charge is -2.18. The highest BCUT2D eigenvalue weighted by atomic mass is 16.2. The van der Waals surface area contributed by atoms with E-state index in [2.05, 4.69) is 10.2 Å². The van der Waals surface area contributed by atoms with Crippen LogP contribution in [-0.2, 0) is 4.79 Å². The van der Waals surface area contributed by atoms with Crippen LogP contribution < -0.4 is 11.1 Å². The van der Waals surface area contributed by atoms with Crippen LogP contribution in [0.15, 0.2) is 24.3 Å². The van der Waals surface area contributed by atoms with Gasteiger partial charge in [-0.1, -0.05) is 6.07 Å². The van der Waals surface area contributed by atoms with Gasteiger partial charge in [-0.25, -0.2) is 0 Å². The first kappa shape index (κ1) is 14.5. The molecule has 0 aliphatic rings. The summed E-state index contributed by atoms with van der Waals surface area (Å²) >= 11 is 0. The Kier molecular flexibility index (Phi) is 5.61. The van der Waals surface area contributed by atoms with Gasteiger partial charge in [0.2, 0.25) is 5.91 Å². The van der Waals surface area contributed by atoms with E-state index in [1.165, 1.54) is 0 Å². The van der Waals surface area contributed by atoms with E-state index in [1.807, 2.05) is 38.2 Å². The maximum Gasteiger partial charge on any atom is 0.238 e. The predicted octanol–water partition coefficient (Wildman–Crippen LogP) is 0.701. The molecule has 0 unspecified atom stereocenters. The smallest absolute Gasteiger partial charge is 0.238 e. The van der Waals surface area contributed by atoms with Crippen molar-refractivity contribution in [2.45, 2.75) is 0 Å². The van der Waals surface area contributed by atoms with Crippen LogP contribution in [0.3, 0.4) is 0 Å². The molecule has 0 fully saturated rings. The van der Waals surface area contributed by atoms with Crippen LogP contribution >= 0.6 is 0 Å². The van der Waals surface area contributed by atoms with Crippen LogP contribution in [0.25, 0.3) is 0 Å². The van der Waals surface area contributed by atoms with Gasteiger partial charge in [0.05, 0.1) is 6.54 Å². The molecule has 3 N–H and O–H groups in total. The lowest BCUT2D eigenvalue weighted by molar-refractivity contribution is -0.117. The number of rotatable bonds is 6. The minimum atomic E-state index is -0.0261. The first-order chi connectivity index (χ1) is 8.47. The van der Waals surface area contributed by atoms with Crippen molar-refractivity contribution in [1.29, 1.82) is 0 Å². The average molecular weight is 250 g/mol. The Labute approximate surface area is 109 Å². The second-order valence-corrected chi connectivity index (χ2v) is 4.71. The zero-order valence-corrected chi connectivity index (χ0v) is 11.3. The number of benzene rings is 1. The molecule has 0 aliphatic carbocycles. The molecule has 1 rings (SSSR count). The van der Waals surface area contributed by atoms with Gasteiger partial charge in [-0.15, -0.1) is 0 Å². The van der Waals surface area contributed by atoms with Crippen LogP contribution in [0.2, 0.25) is 0 Å². The van der Waals surface area contributed by atoms with E-state index in [0.29, 0.717) is 12.2 Å². The van der Waals surface area contributed by atoms with E-state index in [4.69, 9.17) is 5.73 Å². The van der Waals surface area contributed by atoms with Gasteiger partial charge in [0.15, 0.2) is 0 Å². The second-order valence-electron chi connectivity index (χ2n) is 4.71. The molecular formula is C13H22N4O. The maximum atomic E-state index is 11.8. The third-order valence-corrected chi connectivity index (χ3v) is 2.51. The molecule has 0 saturated carbocycles. The minimum Gasteiger partial charge on any atom is -0.399 e. The summed E-state index contributed by atoms with van der Waals surface area (Å²) in [5, 5.41) is 2.83. The van der Waals surface area contributed by atoms with Crippen molar-refractivity contribution >= 4 is 17.3 Å². The van der Waals surface area contributed by atoms with E-state index < -0.39 is 0 Å². The number of amides is 1. The van der Waals surface area contributed by atoms with Crippen LogP contribution in [0.4, 0.5) is 11.4 Å². The Morgan fingerprint density at radius 2 is 2.00 bits per heavy atom. The zero-order valence-electron chi connectivity index (χ0n) is 11.3. The standard InChI is InChI=1S/C13H22N4O/c1-16(2)7-8-17(3)10-13(18)15-12-6-4-5-11(14)9-12/h4-6,9H,7-8,10,14H2,1-3H3,(H,15,18). The fraction of sp³-hybridized carbons (Fsp3) is 0.462. The highest BCUT2D eigenvalue weighted by molar-refractivity contribution is 5.92. The third-order valence-electron chi connectivity index (χ3n) is 2.51. The number of carbonyl (C=O) groups excluding carboxylic acids is 1. The van der Waals surface area contributed by atoms with Crippen molar-refractivity contribution in [2.24, 2.45) is 0 Å². The number of carbonyl (C=O) groups is 1. The molecule has 5 heteroatoms. The monoisotopic (exact) mass is 250 g/mol. The molecule has 0 aliphatic heterocycles. The Morgan fingerprint density at radius 3 is 2.61 bits per heavy atom. The number of hydrogen-bond acceptors (Lipinski definition) is 4. The number of hydrogen-bond donors (Lipinski definition) is 2. The molecule has 5 nitrogen and oxygen atoms in total. The first-order valence-corrected chi connectivity index (χ1v) is 5.96. The SMILES string of the molecule is CN(C)CCN(C)CC(=O)Nc1cccc(N)c1. The molecule has 100 valence electrons. The van der Waals surface area contributed by atoms with E-state index in [-0.39, 0.29) is 5.91 Å². The third kappa shape index (κ3) is 5.65. The summed E-state index contributed by atoms with van der Waals surface area (Å²) in [5.74, 6) is -0.0261. The quantitative estimate of drug-likeness (QED) is 0.730. The molecular weight excluding hydrogens is 228 g/mol. The number of nitrogen functional groups attached to an aromatic ring is 1. The fourth-order valence-corrected chi connectivity index (χ4v) is 1.51. The van der Waals surface area contributed by atoms with Crippen molar-refractivity contribution in [1.82, 2.24) is 9.80 Å². The normalized spacial score (nSPS) is 10.9. The molecule has 0 spiro atoms. The van der Waals surface area contributed by atoms with Gasteiger partial charge >= 0.3 is 0 Å². The Morgan fingerprint density at radius 1 is 1.28 bits per heavy atom. The summed E-state index contributed by atoms with van der Waals surface area (Å²) in [6, 6.07) is 7.19. The minimum absolute atomic E-state index is 0.0261. The van der Waals surface area contributed by atoms with Crippen LogP contribution in [-0.4, -0.2) is 56.5 Å². The van der Waals surface area contributed by atoms with Crippen molar-refractivity contribution in [3.63, 3.8) is 0 Å². The Balaban J connectivity index is 2.37. The molecule has 18 heavy (non-hydrogen) atoms. The number of nitrogens with one attached hydrogen (secondary N) is 1. The van der Waals surface area contributed by atoms with Crippen LogP contribution in [0.1, 0.15) is 0 Å². The predicted molar refractivity (Wildman–Crippen MR) is 75.5 cm³/mol. The highest BCUT2D eigenvalue weighted by Gasteiger charge is 2.07. The average Bonchev–Trinajstić information content (AvgIpc) is 2.26. The highest BCUT2D eigenvalue weighted by Crippen LogP contribution is 2.11. The van der Waals surface area contributed by atoms with E-state index in [9.17, 15) is 4.79 Å². The largest absolute Gasteiger partial charge is 0.399 e. The summed E-state index contributed by atoms with van der Waals surface area (Å²) in [7, 11) is 5.96. The Bertz CT molecular complexity index is 392. The van der Waals surface area contributed by atoms with Crippen molar-refractivity contribution in [3.8, 4) is 0 Å². The summed E-state index contributed by atoms with van der Waals surface area (Å²) in [6.45, 7) is 2.17. The number of nitrogens with two attached hydrogens (primary N) is 1. The summed E-state index contributed by atoms with van der Waals surface area (Å²) in [4.78, 5) is 15.8. The molecule has 0 saturated heterocycles. The second kappa shape index (κ2) is 6.98. The molecule has 1 aromatic carbocycles. The molecule has 0 bridgehead atoms. The Hall–Kier alpha value is -1.59. The van der Waals surface area contributed by atoms with E-state index in [0.717, 1.165) is 18.8 Å². The summed E-state index contributed by atoms with van der Waals surface area (Å²) in [5.41, 5.74) is 7.03. The first-order valence-electron chi connectivity index (χ1n) is 5.96. The fourth-order valence-electron chi connectivity index (χ4n) is 1.51. The molecule has 0 aromatic heterocycles. The number of nitrogens with zero attached hydrogens (tertiary/aromatic N) is 2.